The largest absolute Gasteiger partial charge is 0.329 e. The minimum absolute atomic E-state index is 0.0440. The zero-order valence-electron chi connectivity index (χ0n) is 13.3. The number of hydrogen-bond donors (Lipinski definition) is 1. The number of Topliss-reactive ketones (excluding diaryl/α,β-unsaturated/α-hetero) is 1. The van der Waals surface area contributed by atoms with E-state index in [1.165, 1.54) is 31.7 Å². The molecule has 1 atom stereocenters. The molecule has 0 aromatic carbocycles. The molecule has 0 radical (unpaired) electrons. The normalized spacial score (nSPS) is 13.5. The molecule has 0 fully saturated rings. The Morgan fingerprint density at radius 2 is 1.79 bits per heavy atom. The van der Waals surface area contributed by atoms with Gasteiger partial charge in [-0.15, -0.1) is 11.8 Å². The van der Waals surface area contributed by atoms with E-state index in [0.717, 1.165) is 18.6 Å². The van der Waals surface area contributed by atoms with Crippen LogP contribution in [-0.4, -0.2) is 31.4 Å². The molecule has 0 amide bonds. The van der Waals surface area contributed by atoms with Gasteiger partial charge in [0.25, 0.3) is 0 Å². The number of carbonyl (C=O) groups excluding carboxylic acids is 1. The maximum Gasteiger partial charge on any atom is 0.147 e. The number of hydrogen-bond acceptors (Lipinski definition) is 3. The third-order valence-corrected chi connectivity index (χ3v) is 6.68. The van der Waals surface area contributed by atoms with Crippen LogP contribution < -0.4 is 5.73 Å². The number of ketones is 1. The van der Waals surface area contributed by atoms with Crippen LogP contribution in [0.15, 0.2) is 0 Å². The van der Waals surface area contributed by atoms with E-state index in [1.807, 2.05) is 0 Å². The zero-order chi connectivity index (χ0) is 14.7. The fourth-order valence-corrected chi connectivity index (χ4v) is 5.51. The standard InChI is InChI=1S/C15H33NOSSi/c1-5-6-7-8-9-10-14(17)15(13-16)18-11-12-19(2,3)4/h15H,5-13,16H2,1-4H3. The summed E-state index contributed by atoms with van der Waals surface area (Å²) in [5.41, 5.74) is 5.75. The summed E-state index contributed by atoms with van der Waals surface area (Å²) in [7, 11) is -0.985. The van der Waals surface area contributed by atoms with E-state index in [9.17, 15) is 4.79 Å². The Bertz CT molecular complexity index is 241. The summed E-state index contributed by atoms with van der Waals surface area (Å²) in [6, 6.07) is 1.28. The number of nitrogens with two attached hydrogens (primary N) is 1. The quantitative estimate of drug-likeness (QED) is 0.431. The highest BCUT2D eigenvalue weighted by molar-refractivity contribution is 8.00. The Kier molecular flexibility index (Phi) is 11.0. The average molecular weight is 304 g/mol. The van der Waals surface area contributed by atoms with Crippen molar-refractivity contribution in [3.63, 3.8) is 0 Å². The van der Waals surface area contributed by atoms with E-state index in [0.29, 0.717) is 12.3 Å². The first-order valence-corrected chi connectivity index (χ1v) is 12.5. The summed E-state index contributed by atoms with van der Waals surface area (Å²) in [5, 5.41) is 0.0440. The van der Waals surface area contributed by atoms with E-state index < -0.39 is 8.07 Å². The van der Waals surface area contributed by atoms with Crippen LogP contribution in [0.5, 0.6) is 0 Å². The lowest BCUT2D eigenvalue weighted by molar-refractivity contribution is -0.118. The summed E-state index contributed by atoms with van der Waals surface area (Å²) in [6.45, 7) is 9.84. The smallest absolute Gasteiger partial charge is 0.147 e. The molecule has 0 saturated carbocycles. The summed E-state index contributed by atoms with van der Waals surface area (Å²) >= 11 is 1.78. The Hall–Kier alpha value is 0.197. The molecule has 0 bridgehead atoms. The number of thioether (sulfide) groups is 1. The van der Waals surface area contributed by atoms with Crippen LogP contribution >= 0.6 is 11.8 Å². The lowest BCUT2D eigenvalue weighted by atomic mass is 10.1. The molecule has 4 heteroatoms. The van der Waals surface area contributed by atoms with Gasteiger partial charge in [0.05, 0.1) is 5.25 Å². The monoisotopic (exact) mass is 303 g/mol. The second kappa shape index (κ2) is 10.9. The maximum absolute atomic E-state index is 12.1. The van der Waals surface area contributed by atoms with Crippen LogP contribution in [0.2, 0.25) is 25.7 Å². The second-order valence-corrected chi connectivity index (χ2v) is 13.5. The predicted molar refractivity (Wildman–Crippen MR) is 91.8 cm³/mol. The van der Waals surface area contributed by atoms with E-state index >= 15 is 0 Å². The van der Waals surface area contributed by atoms with Crippen LogP contribution in [0, 0.1) is 0 Å². The van der Waals surface area contributed by atoms with Gasteiger partial charge in [-0.2, -0.15) is 0 Å². The molecule has 2 N–H and O–H groups in total. The van der Waals surface area contributed by atoms with Crippen molar-refractivity contribution in [2.45, 2.75) is 76.4 Å². The highest BCUT2D eigenvalue weighted by Crippen LogP contribution is 2.20. The molecule has 0 aliphatic carbocycles. The van der Waals surface area contributed by atoms with Gasteiger partial charge in [0.2, 0.25) is 0 Å². The Labute approximate surface area is 125 Å². The molecule has 0 aliphatic heterocycles. The van der Waals surface area contributed by atoms with Crippen molar-refractivity contribution < 1.29 is 4.79 Å². The van der Waals surface area contributed by atoms with Gasteiger partial charge in [-0.1, -0.05) is 52.2 Å². The lowest BCUT2D eigenvalue weighted by Crippen LogP contribution is -2.28. The molecular formula is C15H33NOSSi. The van der Waals surface area contributed by atoms with Crippen LogP contribution in [-0.2, 0) is 4.79 Å². The Morgan fingerprint density at radius 3 is 2.32 bits per heavy atom. The van der Waals surface area contributed by atoms with Gasteiger partial charge in [0, 0.05) is 21.0 Å². The second-order valence-electron chi connectivity index (χ2n) is 6.54. The summed E-state index contributed by atoms with van der Waals surface area (Å²) < 4.78 is 0. The molecule has 0 aromatic rings. The Balaban J connectivity index is 3.78. The topological polar surface area (TPSA) is 43.1 Å². The van der Waals surface area contributed by atoms with Gasteiger partial charge in [-0.3, -0.25) is 4.79 Å². The van der Waals surface area contributed by atoms with E-state index in [-0.39, 0.29) is 5.25 Å². The van der Waals surface area contributed by atoms with Gasteiger partial charge in [0.15, 0.2) is 0 Å². The van der Waals surface area contributed by atoms with Gasteiger partial charge >= 0.3 is 0 Å². The van der Waals surface area contributed by atoms with Crippen LogP contribution in [0.1, 0.15) is 45.4 Å². The van der Waals surface area contributed by atoms with E-state index in [2.05, 4.69) is 26.6 Å². The molecule has 0 aliphatic rings. The van der Waals surface area contributed by atoms with Crippen molar-refractivity contribution in [1.29, 1.82) is 0 Å². The van der Waals surface area contributed by atoms with Gasteiger partial charge in [-0.05, 0) is 18.2 Å². The van der Waals surface area contributed by atoms with Crippen LogP contribution in [0.3, 0.4) is 0 Å². The highest BCUT2D eigenvalue weighted by Gasteiger charge is 2.19. The zero-order valence-corrected chi connectivity index (χ0v) is 15.2. The first kappa shape index (κ1) is 19.2. The first-order valence-electron chi connectivity index (χ1n) is 7.75. The van der Waals surface area contributed by atoms with Crippen LogP contribution in [0.4, 0.5) is 0 Å². The number of rotatable bonds is 12. The molecule has 0 spiro atoms. The van der Waals surface area contributed by atoms with E-state index in [4.69, 9.17) is 5.73 Å². The van der Waals surface area contributed by atoms with Crippen molar-refractivity contribution in [3.05, 3.63) is 0 Å². The SMILES string of the molecule is CCCCCCCC(=O)C(CN)SCC[Si](C)(C)C. The average Bonchev–Trinajstić information content (AvgIpc) is 2.33. The highest BCUT2D eigenvalue weighted by atomic mass is 32.2. The van der Waals surface area contributed by atoms with Crippen molar-refractivity contribution >= 4 is 25.6 Å². The third kappa shape index (κ3) is 11.7. The molecule has 0 saturated heterocycles. The van der Waals surface area contributed by atoms with Gasteiger partial charge in [0.1, 0.15) is 5.78 Å². The fraction of sp³-hybridized carbons (Fsp3) is 0.933. The molecule has 0 aromatic heterocycles. The predicted octanol–water partition coefficient (Wildman–Crippen LogP) is 4.31. The molecular weight excluding hydrogens is 270 g/mol. The molecule has 1 unspecified atom stereocenters. The number of unbranched alkanes of at least 4 members (excludes halogenated alkanes) is 4. The molecule has 2 nitrogen and oxygen atoms in total. The van der Waals surface area contributed by atoms with Crippen molar-refractivity contribution in [3.8, 4) is 0 Å². The van der Waals surface area contributed by atoms with Crippen LogP contribution in [0.25, 0.3) is 0 Å². The lowest BCUT2D eigenvalue weighted by Gasteiger charge is -2.18. The first-order chi connectivity index (χ1) is 8.90. The maximum atomic E-state index is 12.1. The fourth-order valence-electron chi connectivity index (χ4n) is 1.86. The van der Waals surface area contributed by atoms with Crippen molar-refractivity contribution in [2.75, 3.05) is 12.3 Å². The summed E-state index contributed by atoms with van der Waals surface area (Å²) in [5.74, 6) is 1.47. The molecule has 114 valence electrons. The minimum Gasteiger partial charge on any atom is -0.329 e. The summed E-state index contributed by atoms with van der Waals surface area (Å²) in [6.07, 6.45) is 6.77. The minimum atomic E-state index is -0.985. The molecule has 0 heterocycles. The summed E-state index contributed by atoms with van der Waals surface area (Å²) in [4.78, 5) is 12.1. The Morgan fingerprint density at radius 1 is 1.16 bits per heavy atom. The third-order valence-electron chi connectivity index (χ3n) is 3.27. The van der Waals surface area contributed by atoms with Gasteiger partial charge in [-0.25, -0.2) is 0 Å². The van der Waals surface area contributed by atoms with E-state index in [1.54, 1.807) is 11.8 Å². The van der Waals surface area contributed by atoms with Crippen molar-refractivity contribution in [2.24, 2.45) is 5.73 Å². The van der Waals surface area contributed by atoms with Crippen molar-refractivity contribution in [1.82, 2.24) is 0 Å². The molecule has 19 heavy (non-hydrogen) atoms. The molecule has 0 rings (SSSR count). The number of carbonyl (C=O) groups is 1. The van der Waals surface area contributed by atoms with Gasteiger partial charge < -0.3 is 5.73 Å².